The fourth-order valence-corrected chi connectivity index (χ4v) is 2.18. The van der Waals surface area contributed by atoms with Gasteiger partial charge in [-0.2, -0.15) is 5.10 Å². The molecule has 0 saturated heterocycles. The average Bonchev–Trinajstić information content (AvgIpc) is 2.57. The maximum atomic E-state index is 12.4. The van der Waals surface area contributed by atoms with Crippen LogP contribution in [0, 0.1) is 6.92 Å². The molecular weight excluding hydrogens is 334 g/mol. The van der Waals surface area contributed by atoms with Crippen LogP contribution < -0.4 is 15.6 Å². The maximum absolute atomic E-state index is 12.4. The van der Waals surface area contributed by atoms with E-state index < -0.39 is 5.91 Å². The number of halogens is 1. The van der Waals surface area contributed by atoms with Crippen molar-refractivity contribution >= 4 is 23.2 Å². The molecule has 2 aromatic rings. The van der Waals surface area contributed by atoms with Crippen LogP contribution in [-0.4, -0.2) is 36.5 Å². The lowest BCUT2D eigenvalue weighted by atomic mass is 10.2. The van der Waals surface area contributed by atoms with Crippen molar-refractivity contribution in [3.05, 3.63) is 50.9 Å². The number of carbonyl (C=O) groups excluding carboxylic acids is 1. The van der Waals surface area contributed by atoms with Crippen molar-refractivity contribution in [2.24, 2.45) is 0 Å². The topological polar surface area (TPSA) is 82.5 Å². The van der Waals surface area contributed by atoms with E-state index in [-0.39, 0.29) is 17.8 Å². The highest BCUT2D eigenvalue weighted by Gasteiger charge is 2.14. The van der Waals surface area contributed by atoms with Crippen molar-refractivity contribution in [1.29, 1.82) is 0 Å². The van der Waals surface area contributed by atoms with Gasteiger partial charge < -0.3 is 14.8 Å². The van der Waals surface area contributed by atoms with Gasteiger partial charge in [0.05, 0.1) is 25.9 Å². The molecule has 24 heavy (non-hydrogen) atoms. The van der Waals surface area contributed by atoms with Gasteiger partial charge in [0, 0.05) is 24.3 Å². The van der Waals surface area contributed by atoms with Crippen LogP contribution in [0.2, 0.25) is 5.02 Å². The summed E-state index contributed by atoms with van der Waals surface area (Å²) in [6.45, 7) is 2.41. The number of methoxy groups -OCH3 is 2. The Bertz CT molecular complexity index is 804. The van der Waals surface area contributed by atoms with E-state index >= 15 is 0 Å². The summed E-state index contributed by atoms with van der Waals surface area (Å²) in [5.41, 5.74) is 1.08. The zero-order valence-corrected chi connectivity index (χ0v) is 14.4. The first-order chi connectivity index (χ1) is 11.5. The summed E-state index contributed by atoms with van der Waals surface area (Å²) in [4.78, 5) is 24.1. The molecule has 0 bridgehead atoms. The van der Waals surface area contributed by atoms with E-state index in [0.717, 1.165) is 5.56 Å². The molecule has 7 nitrogen and oxygen atoms in total. The fourth-order valence-electron chi connectivity index (χ4n) is 2.02. The van der Waals surface area contributed by atoms with Crippen molar-refractivity contribution in [2.75, 3.05) is 26.1 Å². The highest BCUT2D eigenvalue weighted by atomic mass is 35.5. The van der Waals surface area contributed by atoms with Crippen molar-refractivity contribution in [2.45, 2.75) is 13.5 Å². The van der Waals surface area contributed by atoms with E-state index in [1.165, 1.54) is 31.0 Å². The van der Waals surface area contributed by atoms with E-state index in [1.807, 2.05) is 6.92 Å². The zero-order chi connectivity index (χ0) is 17.7. The summed E-state index contributed by atoms with van der Waals surface area (Å²) in [5.74, 6) is -0.0205. The molecule has 1 aromatic carbocycles. The first-order valence-electron chi connectivity index (χ1n) is 7.19. The molecule has 0 unspecified atom stereocenters. The Morgan fingerprint density at radius 1 is 1.33 bits per heavy atom. The number of ether oxygens (including phenoxy) is 2. The Hall–Kier alpha value is -2.38. The van der Waals surface area contributed by atoms with E-state index in [0.29, 0.717) is 23.1 Å². The lowest BCUT2D eigenvalue weighted by Gasteiger charge is -2.12. The summed E-state index contributed by atoms with van der Waals surface area (Å²) in [7, 11) is 3.01. The Morgan fingerprint density at radius 2 is 2.08 bits per heavy atom. The summed E-state index contributed by atoms with van der Waals surface area (Å²) >= 11 is 6.05. The first-order valence-corrected chi connectivity index (χ1v) is 7.56. The average molecular weight is 352 g/mol. The van der Waals surface area contributed by atoms with Crippen LogP contribution >= 0.6 is 11.6 Å². The van der Waals surface area contributed by atoms with Gasteiger partial charge >= 0.3 is 0 Å². The molecule has 0 radical (unpaired) electrons. The maximum Gasteiger partial charge on any atom is 0.276 e. The number of amides is 1. The van der Waals surface area contributed by atoms with Gasteiger partial charge in [-0.3, -0.25) is 9.59 Å². The van der Waals surface area contributed by atoms with Gasteiger partial charge in [-0.25, -0.2) is 4.68 Å². The van der Waals surface area contributed by atoms with Crippen molar-refractivity contribution < 1.29 is 14.3 Å². The number of benzene rings is 1. The van der Waals surface area contributed by atoms with Gasteiger partial charge in [0.2, 0.25) is 0 Å². The van der Waals surface area contributed by atoms with E-state index in [2.05, 4.69) is 10.4 Å². The second-order valence-electron chi connectivity index (χ2n) is 5.03. The summed E-state index contributed by atoms with van der Waals surface area (Å²) in [5, 5.41) is 7.30. The van der Waals surface area contributed by atoms with Crippen molar-refractivity contribution in [1.82, 2.24) is 9.78 Å². The van der Waals surface area contributed by atoms with E-state index in [9.17, 15) is 9.59 Å². The standard InChI is InChI=1S/C16H18ClN3O4/c1-10-8-13(14(24-3)9-11(10)17)18-16(22)12-4-5-15(21)20(19-12)6-7-23-2/h4-5,8-9H,6-7H2,1-3H3,(H,18,22). The minimum Gasteiger partial charge on any atom is -0.495 e. The molecule has 0 fully saturated rings. The van der Waals surface area contributed by atoms with E-state index in [4.69, 9.17) is 21.1 Å². The molecule has 1 N–H and O–H groups in total. The molecule has 8 heteroatoms. The number of nitrogens with one attached hydrogen (secondary N) is 1. The van der Waals surface area contributed by atoms with Gasteiger partial charge in [-0.1, -0.05) is 11.6 Å². The lowest BCUT2D eigenvalue weighted by Crippen LogP contribution is -2.27. The van der Waals surface area contributed by atoms with Gasteiger partial charge in [-0.15, -0.1) is 0 Å². The molecule has 1 aromatic heterocycles. The zero-order valence-electron chi connectivity index (χ0n) is 13.6. The number of hydrogen-bond donors (Lipinski definition) is 1. The van der Waals surface area contributed by atoms with Crippen molar-refractivity contribution in [3.63, 3.8) is 0 Å². The van der Waals surface area contributed by atoms with Gasteiger partial charge in [0.25, 0.3) is 11.5 Å². The predicted octanol–water partition coefficient (Wildman–Crippen LogP) is 2.11. The number of anilines is 1. The van der Waals surface area contributed by atoms with Gasteiger partial charge in [0.1, 0.15) is 11.4 Å². The second-order valence-corrected chi connectivity index (χ2v) is 5.44. The predicted molar refractivity (Wildman–Crippen MR) is 91.1 cm³/mol. The molecule has 1 heterocycles. The molecule has 0 aliphatic carbocycles. The normalized spacial score (nSPS) is 10.5. The van der Waals surface area contributed by atoms with Crippen LogP contribution in [0.5, 0.6) is 5.75 Å². The third-order valence-electron chi connectivity index (χ3n) is 3.34. The SMILES string of the molecule is COCCn1nc(C(=O)Nc2cc(C)c(Cl)cc2OC)ccc1=O. The molecular formula is C16H18ClN3O4. The van der Waals surface area contributed by atoms with Crippen LogP contribution in [0.3, 0.4) is 0 Å². The number of hydrogen-bond acceptors (Lipinski definition) is 5. The largest absolute Gasteiger partial charge is 0.495 e. The minimum absolute atomic E-state index is 0.111. The molecule has 1 amide bonds. The number of nitrogens with zero attached hydrogens (tertiary/aromatic N) is 2. The molecule has 0 aliphatic rings. The monoisotopic (exact) mass is 351 g/mol. The molecule has 0 aliphatic heterocycles. The van der Waals surface area contributed by atoms with Crippen LogP contribution in [0.15, 0.2) is 29.1 Å². The molecule has 128 valence electrons. The van der Waals surface area contributed by atoms with Gasteiger partial charge in [-0.05, 0) is 24.6 Å². The van der Waals surface area contributed by atoms with Crippen LogP contribution in [0.4, 0.5) is 5.69 Å². The summed E-state index contributed by atoms with van der Waals surface area (Å²) in [6, 6.07) is 6.00. The highest BCUT2D eigenvalue weighted by molar-refractivity contribution is 6.31. The van der Waals surface area contributed by atoms with Gasteiger partial charge in [0.15, 0.2) is 0 Å². The quantitative estimate of drug-likeness (QED) is 0.861. The number of rotatable bonds is 6. The number of carbonyl (C=O) groups is 1. The third-order valence-corrected chi connectivity index (χ3v) is 3.74. The number of aromatic nitrogens is 2. The van der Waals surface area contributed by atoms with Crippen LogP contribution in [0.25, 0.3) is 0 Å². The molecule has 0 spiro atoms. The van der Waals surface area contributed by atoms with Crippen molar-refractivity contribution in [3.8, 4) is 5.75 Å². The second kappa shape index (κ2) is 7.94. The summed E-state index contributed by atoms with van der Waals surface area (Å²) < 4.78 is 11.3. The molecule has 0 atom stereocenters. The third kappa shape index (κ3) is 4.12. The fraction of sp³-hybridized carbons (Fsp3) is 0.312. The van der Waals surface area contributed by atoms with Crippen LogP contribution in [0.1, 0.15) is 16.1 Å². The van der Waals surface area contributed by atoms with Crippen LogP contribution in [-0.2, 0) is 11.3 Å². The van der Waals surface area contributed by atoms with E-state index in [1.54, 1.807) is 12.1 Å². The summed E-state index contributed by atoms with van der Waals surface area (Å²) in [6.07, 6.45) is 0. The minimum atomic E-state index is -0.457. The molecule has 0 saturated carbocycles. The Kier molecular flexibility index (Phi) is 5.94. The Morgan fingerprint density at radius 3 is 2.75 bits per heavy atom. The number of aryl methyl sites for hydroxylation is 1. The molecule has 2 rings (SSSR count). The highest BCUT2D eigenvalue weighted by Crippen LogP contribution is 2.31. The smallest absolute Gasteiger partial charge is 0.276 e. The lowest BCUT2D eigenvalue weighted by molar-refractivity contribution is 0.101. The first kappa shape index (κ1) is 18.0. The Balaban J connectivity index is 2.27. The Labute approximate surface area is 144 Å².